The molecule has 0 aliphatic carbocycles. The summed E-state index contributed by atoms with van der Waals surface area (Å²) in [5, 5.41) is 18.4. The lowest BCUT2D eigenvalue weighted by atomic mass is 9.84. The van der Waals surface area contributed by atoms with Crippen molar-refractivity contribution in [2.75, 3.05) is 6.54 Å². The number of ketones is 1. The van der Waals surface area contributed by atoms with Crippen molar-refractivity contribution in [3.05, 3.63) is 0 Å². The van der Waals surface area contributed by atoms with Gasteiger partial charge in [-0.1, -0.05) is 105 Å². The predicted octanol–water partition coefficient (Wildman–Crippen LogP) is 7.48. The van der Waals surface area contributed by atoms with Gasteiger partial charge in [-0.2, -0.15) is 0 Å². The van der Waals surface area contributed by atoms with Crippen LogP contribution in [0.3, 0.4) is 0 Å². The third-order valence-electron chi connectivity index (χ3n) is 7.71. The first-order valence-corrected chi connectivity index (χ1v) is 17.3. The van der Waals surface area contributed by atoms with Gasteiger partial charge in [0.15, 0.2) is 5.78 Å². The first-order valence-electron chi connectivity index (χ1n) is 17.3. The molecule has 252 valence electrons. The summed E-state index contributed by atoms with van der Waals surface area (Å²) in [4.78, 5) is 49.1. The molecular weight excluding hydrogens is 542 g/mol. The van der Waals surface area contributed by atoms with E-state index in [1.807, 2.05) is 41.5 Å². The molecule has 2 amide bonds. The summed E-state index contributed by atoms with van der Waals surface area (Å²) in [5.74, 6) is -1.43. The predicted molar refractivity (Wildman–Crippen MR) is 177 cm³/mol. The Labute approximate surface area is 263 Å². The summed E-state index contributed by atoms with van der Waals surface area (Å²) in [6.45, 7) is 14.6. The third kappa shape index (κ3) is 24.1. The molecule has 43 heavy (non-hydrogen) atoms. The van der Waals surface area contributed by atoms with E-state index >= 15 is 0 Å². The molecule has 8 nitrogen and oxygen atoms in total. The zero-order chi connectivity index (χ0) is 32.7. The number of carboxylic acid groups (broad SMARTS) is 1. The number of Topliss-reactive ketones (excluding diaryl/α,β-unsaturated/α-hetero) is 1. The van der Waals surface area contributed by atoms with Gasteiger partial charge < -0.3 is 21.1 Å². The van der Waals surface area contributed by atoms with Crippen molar-refractivity contribution in [2.24, 2.45) is 5.41 Å². The highest BCUT2D eigenvalue weighted by Gasteiger charge is 2.31. The number of aliphatic carboxylic acids is 1. The van der Waals surface area contributed by atoms with Crippen LogP contribution in [0.25, 0.3) is 0 Å². The van der Waals surface area contributed by atoms with E-state index in [9.17, 15) is 24.3 Å². The van der Waals surface area contributed by atoms with Crippen molar-refractivity contribution in [1.29, 1.82) is 0 Å². The van der Waals surface area contributed by atoms with Gasteiger partial charge >= 0.3 is 5.97 Å². The normalized spacial score (nSPS) is 13.4. The summed E-state index contributed by atoms with van der Waals surface area (Å²) in [6.07, 6.45) is 18.6. The van der Waals surface area contributed by atoms with Gasteiger partial charge in [-0.25, -0.2) is 4.79 Å². The Morgan fingerprint density at radius 3 is 1.58 bits per heavy atom. The summed E-state index contributed by atoms with van der Waals surface area (Å²) in [5.41, 5.74) is -0.609. The third-order valence-corrected chi connectivity index (χ3v) is 7.71. The van der Waals surface area contributed by atoms with Gasteiger partial charge in [-0.15, -0.1) is 0 Å². The summed E-state index contributed by atoms with van der Waals surface area (Å²) in [6, 6.07) is -1.30. The second-order valence-electron chi connectivity index (χ2n) is 14.4. The number of hydrogen-bond donors (Lipinski definition) is 4. The molecule has 2 atom stereocenters. The standard InChI is InChI=1S/C35H67N3O5/c1-8-9-10-11-12-13-14-15-16-17-18-19-20-24-31(40)37-29(33(42)43)25-26-30(39)36-27-22-21-23-28(38-35(5,6)7)32(41)34(2,3)4/h28-29,38H,8-27H2,1-7H3,(H,36,39)(H,37,40)(H,42,43). The molecule has 2 unspecified atom stereocenters. The molecule has 0 saturated carbocycles. The molecule has 0 spiro atoms. The molecule has 0 aromatic heterocycles. The molecule has 8 heteroatoms. The van der Waals surface area contributed by atoms with Crippen LogP contribution in [0.4, 0.5) is 0 Å². The highest BCUT2D eigenvalue weighted by molar-refractivity contribution is 5.88. The first-order chi connectivity index (χ1) is 20.2. The number of unbranched alkanes of at least 4 members (excludes halogenated alkanes) is 13. The van der Waals surface area contributed by atoms with Crippen molar-refractivity contribution in [2.45, 2.75) is 188 Å². The van der Waals surface area contributed by atoms with Gasteiger partial charge in [0, 0.05) is 30.3 Å². The van der Waals surface area contributed by atoms with E-state index < -0.39 is 17.4 Å². The minimum Gasteiger partial charge on any atom is -0.480 e. The Bertz CT molecular complexity index is 785. The van der Waals surface area contributed by atoms with Gasteiger partial charge in [0.2, 0.25) is 11.8 Å². The van der Waals surface area contributed by atoms with E-state index in [2.05, 4.69) is 22.9 Å². The lowest BCUT2D eigenvalue weighted by Gasteiger charge is -2.31. The summed E-state index contributed by atoms with van der Waals surface area (Å²) >= 11 is 0. The highest BCUT2D eigenvalue weighted by atomic mass is 16.4. The number of carbonyl (C=O) groups excluding carboxylic acids is 3. The zero-order valence-corrected chi connectivity index (χ0v) is 28.9. The molecule has 0 aromatic carbocycles. The fourth-order valence-corrected chi connectivity index (χ4v) is 5.21. The Balaban J connectivity index is 4.10. The quantitative estimate of drug-likeness (QED) is 0.0754. The van der Waals surface area contributed by atoms with Crippen molar-refractivity contribution >= 4 is 23.6 Å². The highest BCUT2D eigenvalue weighted by Crippen LogP contribution is 2.21. The fraction of sp³-hybridized carbons (Fsp3) is 0.886. The van der Waals surface area contributed by atoms with E-state index in [1.54, 1.807) is 0 Å². The van der Waals surface area contributed by atoms with Crippen molar-refractivity contribution < 1.29 is 24.3 Å². The van der Waals surface area contributed by atoms with Crippen LogP contribution in [0.1, 0.15) is 170 Å². The van der Waals surface area contributed by atoms with E-state index in [4.69, 9.17) is 0 Å². The van der Waals surface area contributed by atoms with Gasteiger partial charge in [0.1, 0.15) is 6.04 Å². The molecule has 0 aliphatic rings. The number of hydrogen-bond acceptors (Lipinski definition) is 5. The second kappa shape index (κ2) is 23.4. The molecule has 0 fully saturated rings. The van der Waals surface area contributed by atoms with Gasteiger partial charge in [-0.05, 0) is 52.9 Å². The van der Waals surface area contributed by atoms with E-state index in [0.717, 1.165) is 32.1 Å². The molecule has 0 radical (unpaired) electrons. The maximum atomic E-state index is 12.9. The SMILES string of the molecule is CCCCCCCCCCCCCCCC(=O)NC(CCC(=O)NCCCCC(NC(C)(C)C)C(=O)C(C)(C)C)C(=O)O. The van der Waals surface area contributed by atoms with Crippen LogP contribution in [-0.2, 0) is 19.2 Å². The Morgan fingerprint density at radius 2 is 1.12 bits per heavy atom. The average molecular weight is 610 g/mol. The van der Waals surface area contributed by atoms with Gasteiger partial charge in [-0.3, -0.25) is 14.4 Å². The number of nitrogens with one attached hydrogen (secondary N) is 3. The van der Waals surface area contributed by atoms with Crippen LogP contribution in [-0.4, -0.2) is 52.8 Å². The molecule has 0 saturated heterocycles. The number of carboxylic acids is 1. The largest absolute Gasteiger partial charge is 0.480 e. The van der Waals surface area contributed by atoms with Crippen LogP contribution >= 0.6 is 0 Å². The summed E-state index contributed by atoms with van der Waals surface area (Å²) in [7, 11) is 0. The second-order valence-corrected chi connectivity index (χ2v) is 14.4. The minimum atomic E-state index is -1.12. The Morgan fingerprint density at radius 1 is 0.605 bits per heavy atom. The lowest BCUT2D eigenvalue weighted by molar-refractivity contribution is -0.142. The molecule has 0 aromatic rings. The van der Waals surface area contributed by atoms with Gasteiger partial charge in [0.25, 0.3) is 0 Å². The van der Waals surface area contributed by atoms with Crippen LogP contribution in [0, 0.1) is 5.41 Å². The van der Waals surface area contributed by atoms with E-state index in [0.29, 0.717) is 19.4 Å². The van der Waals surface area contributed by atoms with Crippen molar-refractivity contribution in [1.82, 2.24) is 16.0 Å². The molecule has 0 heterocycles. The maximum absolute atomic E-state index is 12.9. The van der Waals surface area contributed by atoms with Crippen LogP contribution in [0.2, 0.25) is 0 Å². The van der Waals surface area contributed by atoms with Crippen LogP contribution in [0.15, 0.2) is 0 Å². The molecular formula is C35H67N3O5. The Hall–Kier alpha value is -1.96. The summed E-state index contributed by atoms with van der Waals surface area (Å²) < 4.78 is 0. The smallest absolute Gasteiger partial charge is 0.326 e. The molecule has 0 bridgehead atoms. The molecule has 4 N–H and O–H groups in total. The lowest BCUT2D eigenvalue weighted by Crippen LogP contribution is -2.50. The van der Waals surface area contributed by atoms with Crippen LogP contribution in [0.5, 0.6) is 0 Å². The maximum Gasteiger partial charge on any atom is 0.326 e. The topological polar surface area (TPSA) is 125 Å². The zero-order valence-electron chi connectivity index (χ0n) is 28.9. The first kappa shape index (κ1) is 41.0. The fourth-order valence-electron chi connectivity index (χ4n) is 5.21. The average Bonchev–Trinajstić information content (AvgIpc) is 2.90. The number of carbonyl (C=O) groups is 4. The number of amides is 2. The Kier molecular flexibility index (Phi) is 22.4. The van der Waals surface area contributed by atoms with E-state index in [1.165, 1.54) is 64.2 Å². The minimum absolute atomic E-state index is 0.0344. The van der Waals surface area contributed by atoms with Crippen molar-refractivity contribution in [3.63, 3.8) is 0 Å². The monoisotopic (exact) mass is 610 g/mol. The van der Waals surface area contributed by atoms with Crippen molar-refractivity contribution in [3.8, 4) is 0 Å². The molecule has 0 rings (SSSR count). The number of rotatable bonds is 26. The van der Waals surface area contributed by atoms with Crippen LogP contribution < -0.4 is 16.0 Å². The van der Waals surface area contributed by atoms with E-state index in [-0.39, 0.29) is 42.0 Å². The molecule has 0 aliphatic heterocycles. The van der Waals surface area contributed by atoms with Gasteiger partial charge in [0.05, 0.1) is 6.04 Å².